The lowest BCUT2D eigenvalue weighted by Crippen LogP contribution is -2.10. The molecule has 40 heavy (non-hydrogen) atoms. The molecule has 4 heteroatoms. The number of benzene rings is 6. The van der Waals surface area contributed by atoms with Crippen molar-refractivity contribution in [2.75, 3.05) is 9.80 Å². The molecule has 0 amide bonds. The zero-order valence-electron chi connectivity index (χ0n) is 21.8. The average Bonchev–Trinajstić information content (AvgIpc) is 3.02. The van der Waals surface area contributed by atoms with E-state index < -0.39 is 0 Å². The highest BCUT2D eigenvalue weighted by molar-refractivity contribution is 5.87. The van der Waals surface area contributed by atoms with Gasteiger partial charge in [0.05, 0.1) is 5.69 Å². The average molecular weight is 521 g/mol. The molecule has 0 heterocycles. The smallest absolute Gasteiger partial charge is 0.182 e. The molecular formula is C36H28N2O2. The Morgan fingerprint density at radius 1 is 0.325 bits per heavy atom. The predicted molar refractivity (Wildman–Crippen MR) is 165 cm³/mol. The summed E-state index contributed by atoms with van der Waals surface area (Å²) >= 11 is 0. The Hall–Kier alpha value is -5.48. The first-order chi connectivity index (χ1) is 19.7. The van der Waals surface area contributed by atoms with Crippen molar-refractivity contribution in [3.05, 3.63) is 158 Å². The van der Waals surface area contributed by atoms with Crippen LogP contribution >= 0.6 is 0 Å². The Morgan fingerprint density at radius 3 is 1.12 bits per heavy atom. The number of hydrogen-bond acceptors (Lipinski definition) is 4. The topological polar surface area (TPSA) is 46.9 Å². The van der Waals surface area contributed by atoms with Crippen LogP contribution in [0.3, 0.4) is 0 Å². The van der Waals surface area contributed by atoms with Crippen LogP contribution in [0.4, 0.5) is 34.1 Å². The van der Waals surface area contributed by atoms with Gasteiger partial charge in [-0.1, -0.05) is 84.9 Å². The zero-order valence-corrected chi connectivity index (χ0v) is 21.8. The minimum atomic E-state index is -0.176. The van der Waals surface area contributed by atoms with E-state index in [0.29, 0.717) is 11.3 Å². The first-order valence-electron chi connectivity index (χ1n) is 13.2. The second-order valence-electron chi connectivity index (χ2n) is 9.39. The number of rotatable bonds is 7. The second-order valence-corrected chi connectivity index (χ2v) is 9.39. The van der Waals surface area contributed by atoms with Gasteiger partial charge in [0.2, 0.25) is 0 Å². The third kappa shape index (κ3) is 4.86. The first-order valence-corrected chi connectivity index (χ1v) is 13.2. The molecule has 6 rings (SSSR count). The van der Waals surface area contributed by atoms with Crippen LogP contribution in [0.2, 0.25) is 0 Å². The van der Waals surface area contributed by atoms with Gasteiger partial charge in [-0.2, -0.15) is 0 Å². The van der Waals surface area contributed by atoms with Gasteiger partial charge >= 0.3 is 0 Å². The van der Waals surface area contributed by atoms with E-state index in [0.717, 1.165) is 34.0 Å². The van der Waals surface area contributed by atoms with Crippen molar-refractivity contribution in [2.24, 2.45) is 0 Å². The highest BCUT2D eigenvalue weighted by Gasteiger charge is 2.21. The van der Waals surface area contributed by atoms with Crippen molar-refractivity contribution in [1.29, 1.82) is 0 Å². The molecule has 0 saturated carbocycles. The monoisotopic (exact) mass is 520 g/mol. The molecule has 0 bridgehead atoms. The van der Waals surface area contributed by atoms with E-state index in [-0.39, 0.29) is 11.5 Å². The SMILES string of the molecule is Oc1c(-c2ccc(N(c3ccccc3)c3ccccc3)cc2)ccc(N(c2ccccc2)c2ccccc2)c1O. The molecule has 0 unspecified atom stereocenters. The quantitative estimate of drug-likeness (QED) is 0.206. The fourth-order valence-corrected chi connectivity index (χ4v) is 4.96. The number of phenolic OH excluding ortho intramolecular Hbond substituents is 2. The van der Waals surface area contributed by atoms with E-state index in [1.165, 1.54) is 0 Å². The van der Waals surface area contributed by atoms with Crippen LogP contribution in [-0.4, -0.2) is 10.2 Å². The molecule has 0 saturated heterocycles. The van der Waals surface area contributed by atoms with Gasteiger partial charge in [-0.15, -0.1) is 0 Å². The predicted octanol–water partition coefficient (Wildman–Crippen LogP) is 9.70. The Labute approximate surface area is 234 Å². The zero-order chi connectivity index (χ0) is 27.3. The molecule has 0 aliphatic heterocycles. The van der Waals surface area contributed by atoms with Gasteiger partial charge in [0.15, 0.2) is 11.5 Å². The minimum Gasteiger partial charge on any atom is -0.504 e. The molecule has 0 fully saturated rings. The van der Waals surface area contributed by atoms with Crippen molar-refractivity contribution in [1.82, 2.24) is 0 Å². The Bertz CT molecular complexity index is 1610. The fraction of sp³-hybridized carbons (Fsp3) is 0. The van der Waals surface area contributed by atoms with Gasteiger partial charge in [-0.3, -0.25) is 0 Å². The molecule has 0 atom stereocenters. The molecule has 0 aromatic heterocycles. The van der Waals surface area contributed by atoms with Crippen molar-refractivity contribution >= 4 is 34.1 Å². The van der Waals surface area contributed by atoms with Crippen molar-refractivity contribution < 1.29 is 10.2 Å². The Balaban J connectivity index is 1.38. The molecule has 6 aromatic carbocycles. The molecule has 0 aliphatic rings. The summed E-state index contributed by atoms with van der Waals surface area (Å²) in [4.78, 5) is 4.11. The summed E-state index contributed by atoms with van der Waals surface area (Å²) < 4.78 is 0. The third-order valence-corrected chi connectivity index (χ3v) is 6.86. The molecule has 0 spiro atoms. The maximum absolute atomic E-state index is 11.3. The summed E-state index contributed by atoms with van der Waals surface area (Å²) in [5.74, 6) is -0.338. The number of para-hydroxylation sites is 4. The highest BCUT2D eigenvalue weighted by Crippen LogP contribution is 2.47. The molecule has 194 valence electrons. The third-order valence-electron chi connectivity index (χ3n) is 6.86. The van der Waals surface area contributed by atoms with Crippen molar-refractivity contribution in [3.63, 3.8) is 0 Å². The van der Waals surface area contributed by atoms with Crippen LogP contribution in [-0.2, 0) is 0 Å². The number of anilines is 6. The molecule has 2 N–H and O–H groups in total. The summed E-state index contributed by atoms with van der Waals surface area (Å²) in [6.45, 7) is 0. The minimum absolute atomic E-state index is 0.162. The summed E-state index contributed by atoms with van der Waals surface area (Å²) in [5.41, 5.74) is 6.69. The summed E-state index contributed by atoms with van der Waals surface area (Å²) in [5, 5.41) is 22.5. The number of hydrogen-bond donors (Lipinski definition) is 2. The lowest BCUT2D eigenvalue weighted by atomic mass is 10.0. The lowest BCUT2D eigenvalue weighted by molar-refractivity contribution is 0.406. The molecular weight excluding hydrogens is 492 g/mol. The van der Waals surface area contributed by atoms with Crippen LogP contribution in [0.1, 0.15) is 0 Å². The molecule has 0 aliphatic carbocycles. The van der Waals surface area contributed by atoms with Crippen LogP contribution in [0, 0.1) is 0 Å². The van der Waals surface area contributed by atoms with E-state index in [1.807, 2.05) is 138 Å². The molecule has 4 nitrogen and oxygen atoms in total. The van der Waals surface area contributed by atoms with Crippen LogP contribution in [0.5, 0.6) is 11.5 Å². The maximum Gasteiger partial charge on any atom is 0.182 e. The normalized spacial score (nSPS) is 10.7. The van der Waals surface area contributed by atoms with E-state index >= 15 is 0 Å². The number of phenols is 2. The molecule has 0 radical (unpaired) electrons. The largest absolute Gasteiger partial charge is 0.504 e. The van der Waals surface area contributed by atoms with Gasteiger partial charge in [0.1, 0.15) is 0 Å². The van der Waals surface area contributed by atoms with Crippen molar-refractivity contribution in [2.45, 2.75) is 0 Å². The van der Waals surface area contributed by atoms with Crippen LogP contribution in [0.25, 0.3) is 11.1 Å². The summed E-state index contributed by atoms with van der Waals surface area (Å²) in [7, 11) is 0. The van der Waals surface area contributed by atoms with Crippen LogP contribution < -0.4 is 9.80 Å². The summed E-state index contributed by atoms with van der Waals surface area (Å²) in [6, 6.07) is 51.7. The van der Waals surface area contributed by atoms with Gasteiger partial charge in [-0.25, -0.2) is 0 Å². The van der Waals surface area contributed by atoms with Gasteiger partial charge < -0.3 is 20.0 Å². The number of nitrogens with zero attached hydrogens (tertiary/aromatic N) is 2. The Kier molecular flexibility index (Phi) is 6.89. The first kappa shape index (κ1) is 24.8. The number of aromatic hydroxyl groups is 2. The van der Waals surface area contributed by atoms with Crippen molar-refractivity contribution in [3.8, 4) is 22.6 Å². The fourth-order valence-electron chi connectivity index (χ4n) is 4.96. The lowest BCUT2D eigenvalue weighted by Gasteiger charge is -2.27. The van der Waals surface area contributed by atoms with Gasteiger partial charge in [0, 0.05) is 34.0 Å². The van der Waals surface area contributed by atoms with E-state index in [2.05, 4.69) is 29.2 Å². The summed E-state index contributed by atoms with van der Waals surface area (Å²) in [6.07, 6.45) is 0. The van der Waals surface area contributed by atoms with Gasteiger partial charge in [-0.05, 0) is 78.4 Å². The van der Waals surface area contributed by atoms with Gasteiger partial charge in [0.25, 0.3) is 0 Å². The van der Waals surface area contributed by atoms with E-state index in [4.69, 9.17) is 0 Å². The van der Waals surface area contributed by atoms with E-state index in [9.17, 15) is 10.2 Å². The highest BCUT2D eigenvalue weighted by atomic mass is 16.3. The Morgan fingerprint density at radius 2 is 0.700 bits per heavy atom. The standard InChI is InChI=1S/C36H28N2O2/c39-35-33(25-26-34(36(35)40)38(30-17-9-3-10-18-30)31-19-11-4-12-20-31)27-21-23-32(24-22-27)37(28-13-5-1-6-14-28)29-15-7-2-8-16-29/h1-26,39-40H. The molecule has 6 aromatic rings. The van der Waals surface area contributed by atoms with E-state index in [1.54, 1.807) is 0 Å². The maximum atomic E-state index is 11.3. The van der Waals surface area contributed by atoms with Crippen LogP contribution in [0.15, 0.2) is 158 Å². The second kappa shape index (κ2) is 11.1.